The van der Waals surface area contributed by atoms with Crippen LogP contribution in [-0.4, -0.2) is 52.1 Å². The number of ether oxygens (including phenoxy) is 2. The molecule has 1 aromatic carbocycles. The number of hydrogen-bond donors (Lipinski definition) is 0. The van der Waals surface area contributed by atoms with E-state index in [2.05, 4.69) is 0 Å². The van der Waals surface area contributed by atoms with Crippen molar-refractivity contribution in [3.05, 3.63) is 29.8 Å². The van der Waals surface area contributed by atoms with Crippen LogP contribution in [0, 0.1) is 30.6 Å². The number of methoxy groups -OCH3 is 2. The molecule has 0 saturated heterocycles. The highest BCUT2D eigenvalue weighted by Crippen LogP contribution is 2.32. The van der Waals surface area contributed by atoms with Crippen LogP contribution in [-0.2, 0) is 38.2 Å². The summed E-state index contributed by atoms with van der Waals surface area (Å²) in [6.45, 7) is 3.67. The maximum Gasteiger partial charge on any atom is 0.308 e. The molecule has 2 fully saturated rings. The standard InChI is InChI=1S/C16H22O5S.C11H18O3S/c1-12-3-9-15(10-4-12)22(18,19)21-11-13-5-7-14(8-6-13)16(17)20-2;1-8(12)15-7-9-3-5-10(6-4-9)11(13)14-2/h3-4,9-10,13-14H,5-8,11H2,1-2H3;9-10H,3-7H2,1-2H3. The van der Waals surface area contributed by atoms with Crippen molar-refractivity contribution in [2.45, 2.75) is 70.1 Å². The largest absolute Gasteiger partial charge is 0.469 e. The average Bonchev–Trinajstić information content (AvgIpc) is 2.91. The van der Waals surface area contributed by atoms with Crippen molar-refractivity contribution in [3.8, 4) is 0 Å². The van der Waals surface area contributed by atoms with E-state index in [1.807, 2.05) is 6.92 Å². The molecule has 37 heavy (non-hydrogen) atoms. The van der Waals surface area contributed by atoms with Crippen LogP contribution in [0.3, 0.4) is 0 Å². The maximum absolute atomic E-state index is 12.1. The molecule has 2 aliphatic rings. The lowest BCUT2D eigenvalue weighted by molar-refractivity contribution is -0.147. The highest BCUT2D eigenvalue weighted by molar-refractivity contribution is 8.13. The van der Waals surface area contributed by atoms with Gasteiger partial charge in [-0.05, 0) is 82.3 Å². The van der Waals surface area contributed by atoms with Crippen LogP contribution in [0.15, 0.2) is 29.2 Å². The quantitative estimate of drug-likeness (QED) is 0.325. The molecule has 208 valence electrons. The summed E-state index contributed by atoms with van der Waals surface area (Å²) in [5, 5.41) is 0.185. The summed E-state index contributed by atoms with van der Waals surface area (Å²) in [6.07, 6.45) is 6.93. The molecule has 0 heterocycles. The van der Waals surface area contributed by atoms with E-state index in [9.17, 15) is 22.8 Å². The van der Waals surface area contributed by atoms with Gasteiger partial charge >= 0.3 is 11.9 Å². The van der Waals surface area contributed by atoms with E-state index in [4.69, 9.17) is 13.7 Å². The summed E-state index contributed by atoms with van der Waals surface area (Å²) in [5.74, 6) is 1.45. The third-order valence-corrected chi connectivity index (χ3v) is 9.39. The normalized spacial score (nSPS) is 23.8. The second-order valence-electron chi connectivity index (χ2n) is 9.84. The summed E-state index contributed by atoms with van der Waals surface area (Å²) in [4.78, 5) is 33.7. The summed E-state index contributed by atoms with van der Waals surface area (Å²) in [7, 11) is -0.864. The zero-order valence-electron chi connectivity index (χ0n) is 22.3. The molecule has 0 bridgehead atoms. The number of carbonyl (C=O) groups is 3. The number of hydrogen-bond acceptors (Lipinski definition) is 9. The molecular formula is C27H40O8S2. The number of aryl methyl sites for hydroxylation is 1. The molecule has 0 radical (unpaired) electrons. The summed E-state index contributed by atoms with van der Waals surface area (Å²) < 4.78 is 38.9. The van der Waals surface area contributed by atoms with Gasteiger partial charge in [0.05, 0.1) is 37.6 Å². The molecule has 2 aliphatic carbocycles. The van der Waals surface area contributed by atoms with Crippen molar-refractivity contribution in [2.75, 3.05) is 26.6 Å². The van der Waals surface area contributed by atoms with Crippen molar-refractivity contribution in [1.82, 2.24) is 0 Å². The SMILES string of the molecule is COC(=O)C1CCC(COS(=O)(=O)c2ccc(C)cc2)CC1.COC(=O)C1CCC(CSC(C)=O)CC1. The number of thioether (sulfide) groups is 1. The predicted octanol–water partition coefficient (Wildman–Crippen LogP) is 4.93. The highest BCUT2D eigenvalue weighted by Gasteiger charge is 2.29. The first-order valence-electron chi connectivity index (χ1n) is 12.8. The van der Waals surface area contributed by atoms with Gasteiger partial charge in [0.15, 0.2) is 5.12 Å². The Hall–Kier alpha value is -1.91. The fraction of sp³-hybridized carbons (Fsp3) is 0.667. The van der Waals surface area contributed by atoms with Gasteiger partial charge in [0.2, 0.25) is 0 Å². The van der Waals surface area contributed by atoms with Crippen molar-refractivity contribution in [3.63, 3.8) is 0 Å². The zero-order valence-corrected chi connectivity index (χ0v) is 23.9. The van der Waals surface area contributed by atoms with Gasteiger partial charge in [-0.2, -0.15) is 8.42 Å². The van der Waals surface area contributed by atoms with Gasteiger partial charge in [0, 0.05) is 12.7 Å². The molecule has 3 rings (SSSR count). The predicted molar refractivity (Wildman–Crippen MR) is 142 cm³/mol. The minimum atomic E-state index is -3.70. The fourth-order valence-corrected chi connectivity index (χ4v) is 6.44. The fourth-order valence-electron chi connectivity index (χ4n) is 4.66. The van der Waals surface area contributed by atoms with Gasteiger partial charge < -0.3 is 9.47 Å². The number of esters is 2. The Morgan fingerprint density at radius 3 is 1.70 bits per heavy atom. The van der Waals surface area contributed by atoms with E-state index in [-0.39, 0.29) is 46.3 Å². The Balaban J connectivity index is 0.000000281. The average molecular weight is 557 g/mol. The molecule has 0 unspecified atom stereocenters. The van der Waals surface area contributed by atoms with Gasteiger partial charge in [0.1, 0.15) is 0 Å². The Labute approximate surface area is 225 Å². The summed E-state index contributed by atoms with van der Waals surface area (Å²) >= 11 is 1.40. The molecule has 0 amide bonds. The van der Waals surface area contributed by atoms with Gasteiger partial charge in [0.25, 0.3) is 10.1 Å². The maximum atomic E-state index is 12.1. The lowest BCUT2D eigenvalue weighted by Crippen LogP contribution is -2.25. The van der Waals surface area contributed by atoms with Gasteiger partial charge in [-0.15, -0.1) is 0 Å². The number of carbonyl (C=O) groups excluding carboxylic acids is 3. The lowest BCUT2D eigenvalue weighted by Gasteiger charge is -2.26. The third kappa shape index (κ3) is 10.8. The van der Waals surface area contributed by atoms with Crippen LogP contribution in [0.1, 0.15) is 63.9 Å². The molecule has 2 saturated carbocycles. The molecule has 0 atom stereocenters. The Bertz CT molecular complexity index is 974. The Morgan fingerprint density at radius 1 is 0.811 bits per heavy atom. The van der Waals surface area contributed by atoms with Gasteiger partial charge in [-0.25, -0.2) is 0 Å². The van der Waals surface area contributed by atoms with Crippen LogP contribution >= 0.6 is 11.8 Å². The van der Waals surface area contributed by atoms with E-state index in [1.54, 1.807) is 31.2 Å². The van der Waals surface area contributed by atoms with Crippen molar-refractivity contribution >= 4 is 38.9 Å². The number of rotatable bonds is 8. The molecule has 10 heteroatoms. The molecule has 1 aromatic rings. The van der Waals surface area contributed by atoms with Crippen LogP contribution in [0.4, 0.5) is 0 Å². The van der Waals surface area contributed by atoms with Crippen LogP contribution in [0.5, 0.6) is 0 Å². The van der Waals surface area contributed by atoms with Crippen molar-refractivity contribution in [2.24, 2.45) is 23.7 Å². The van der Waals surface area contributed by atoms with E-state index < -0.39 is 10.1 Å². The first-order chi connectivity index (χ1) is 17.6. The number of benzene rings is 1. The Kier molecular flexibility index (Phi) is 13.1. The molecule has 0 N–H and O–H groups in total. The monoisotopic (exact) mass is 556 g/mol. The highest BCUT2D eigenvalue weighted by atomic mass is 32.2. The molecule has 0 aliphatic heterocycles. The van der Waals surface area contributed by atoms with E-state index >= 15 is 0 Å². The first-order valence-corrected chi connectivity index (χ1v) is 15.2. The Morgan fingerprint density at radius 2 is 1.27 bits per heavy atom. The summed E-state index contributed by atoms with van der Waals surface area (Å²) in [5.41, 5.74) is 1.00. The smallest absolute Gasteiger partial charge is 0.308 e. The summed E-state index contributed by atoms with van der Waals surface area (Å²) in [6, 6.07) is 6.60. The van der Waals surface area contributed by atoms with Crippen LogP contribution < -0.4 is 0 Å². The van der Waals surface area contributed by atoms with E-state index in [0.717, 1.165) is 62.7 Å². The van der Waals surface area contributed by atoms with Crippen molar-refractivity contribution < 1.29 is 36.5 Å². The molecule has 8 nitrogen and oxygen atoms in total. The lowest BCUT2D eigenvalue weighted by atomic mass is 9.82. The first kappa shape index (κ1) is 31.3. The topological polar surface area (TPSA) is 113 Å². The minimum absolute atomic E-state index is 0.0602. The molecular weight excluding hydrogens is 516 g/mol. The van der Waals surface area contributed by atoms with E-state index in [1.165, 1.54) is 26.0 Å². The van der Waals surface area contributed by atoms with Gasteiger partial charge in [-0.1, -0.05) is 29.5 Å². The van der Waals surface area contributed by atoms with Crippen LogP contribution in [0.25, 0.3) is 0 Å². The molecule has 0 aromatic heterocycles. The molecule has 0 spiro atoms. The van der Waals surface area contributed by atoms with Crippen molar-refractivity contribution in [1.29, 1.82) is 0 Å². The minimum Gasteiger partial charge on any atom is -0.469 e. The zero-order chi connectivity index (χ0) is 27.4. The van der Waals surface area contributed by atoms with Gasteiger partial charge in [-0.3, -0.25) is 18.6 Å². The van der Waals surface area contributed by atoms with E-state index in [0.29, 0.717) is 5.92 Å². The third-order valence-electron chi connectivity index (χ3n) is 7.05. The second kappa shape index (κ2) is 15.5. The van der Waals surface area contributed by atoms with Crippen LogP contribution in [0.2, 0.25) is 0 Å². The second-order valence-corrected chi connectivity index (χ2v) is 12.6.